The van der Waals surface area contributed by atoms with Crippen LogP contribution in [0.15, 0.2) is 0 Å². The highest BCUT2D eigenvalue weighted by Gasteiger charge is 2.39. The molecule has 0 saturated carbocycles. The molecule has 0 radical (unpaired) electrons. The van der Waals surface area contributed by atoms with Crippen molar-refractivity contribution in [2.24, 2.45) is 0 Å². The summed E-state index contributed by atoms with van der Waals surface area (Å²) in [6, 6.07) is 0.429. The summed E-state index contributed by atoms with van der Waals surface area (Å²) >= 11 is 0. The minimum atomic E-state index is -0.630. The fraction of sp³-hybridized carbons (Fsp3) is 0.875. The van der Waals surface area contributed by atoms with Crippen LogP contribution in [0, 0.1) is 0 Å². The van der Waals surface area contributed by atoms with Crippen molar-refractivity contribution in [1.29, 1.82) is 0 Å². The normalized spacial score (nSPS) is 37.5. The van der Waals surface area contributed by atoms with Gasteiger partial charge in [-0.3, -0.25) is 9.69 Å². The van der Waals surface area contributed by atoms with Crippen molar-refractivity contribution >= 4 is 5.97 Å². The van der Waals surface area contributed by atoms with E-state index in [0.29, 0.717) is 6.04 Å². The second kappa shape index (κ2) is 2.48. The zero-order chi connectivity index (χ0) is 7.84. The van der Waals surface area contributed by atoms with Crippen LogP contribution in [0.2, 0.25) is 0 Å². The van der Waals surface area contributed by atoms with E-state index < -0.39 is 5.97 Å². The number of carboxylic acids is 1. The summed E-state index contributed by atoms with van der Waals surface area (Å²) in [4.78, 5) is 12.9. The van der Waals surface area contributed by atoms with E-state index in [9.17, 15) is 4.79 Å². The van der Waals surface area contributed by atoms with Crippen LogP contribution in [0.4, 0.5) is 0 Å². The average molecular weight is 155 g/mol. The van der Waals surface area contributed by atoms with Gasteiger partial charge in [-0.05, 0) is 32.2 Å². The molecule has 0 amide bonds. The molecule has 2 fully saturated rings. The van der Waals surface area contributed by atoms with Crippen LogP contribution in [0.3, 0.4) is 0 Å². The largest absolute Gasteiger partial charge is 0.480 e. The lowest BCUT2D eigenvalue weighted by Crippen LogP contribution is -2.36. The molecule has 0 aromatic carbocycles. The van der Waals surface area contributed by atoms with Crippen molar-refractivity contribution in [3.63, 3.8) is 0 Å². The molecule has 0 spiro atoms. The Bertz CT molecular complexity index is 181. The van der Waals surface area contributed by atoms with Crippen molar-refractivity contribution in [3.8, 4) is 0 Å². The molecule has 2 atom stereocenters. The quantitative estimate of drug-likeness (QED) is 0.606. The van der Waals surface area contributed by atoms with Gasteiger partial charge in [-0.25, -0.2) is 0 Å². The van der Waals surface area contributed by atoms with Gasteiger partial charge in [0.25, 0.3) is 0 Å². The second-order valence-electron chi connectivity index (χ2n) is 3.47. The third kappa shape index (κ3) is 1.03. The Morgan fingerprint density at radius 1 is 1.36 bits per heavy atom. The molecule has 2 unspecified atom stereocenters. The summed E-state index contributed by atoms with van der Waals surface area (Å²) in [7, 11) is 0. The monoisotopic (exact) mass is 155 g/mol. The van der Waals surface area contributed by atoms with E-state index in [-0.39, 0.29) is 6.04 Å². The average Bonchev–Trinajstić information content (AvgIpc) is 2.41. The van der Waals surface area contributed by atoms with Crippen LogP contribution in [-0.2, 0) is 4.79 Å². The second-order valence-corrected chi connectivity index (χ2v) is 3.47. The van der Waals surface area contributed by atoms with E-state index in [1.54, 1.807) is 0 Å². The first-order chi connectivity index (χ1) is 5.29. The molecule has 3 heteroatoms. The zero-order valence-electron chi connectivity index (χ0n) is 6.49. The first kappa shape index (κ1) is 7.10. The summed E-state index contributed by atoms with van der Waals surface area (Å²) in [5.74, 6) is -0.630. The van der Waals surface area contributed by atoms with Crippen LogP contribution in [0.1, 0.15) is 25.7 Å². The third-order valence-corrected chi connectivity index (χ3v) is 2.88. The zero-order valence-corrected chi connectivity index (χ0v) is 6.49. The van der Waals surface area contributed by atoms with Crippen LogP contribution in [0.25, 0.3) is 0 Å². The smallest absolute Gasteiger partial charge is 0.320 e. The van der Waals surface area contributed by atoms with E-state index in [0.717, 1.165) is 19.4 Å². The van der Waals surface area contributed by atoms with Crippen LogP contribution in [0.5, 0.6) is 0 Å². The number of hydrogen-bond acceptors (Lipinski definition) is 2. The van der Waals surface area contributed by atoms with Crippen molar-refractivity contribution in [2.45, 2.75) is 37.8 Å². The Morgan fingerprint density at radius 2 is 2.18 bits per heavy atom. The molecule has 2 aliphatic rings. The van der Waals surface area contributed by atoms with E-state index in [1.165, 1.54) is 12.8 Å². The Balaban J connectivity index is 2.08. The standard InChI is InChI=1S/C8H13NO2/c10-8(11)7-4-3-6-2-1-5-9(6)7/h6-7H,1-5H2,(H,10,11). The summed E-state index contributed by atoms with van der Waals surface area (Å²) in [5.41, 5.74) is 0. The van der Waals surface area contributed by atoms with Gasteiger partial charge in [0.15, 0.2) is 0 Å². The molecule has 2 saturated heterocycles. The van der Waals surface area contributed by atoms with Crippen molar-refractivity contribution < 1.29 is 9.90 Å². The first-order valence-electron chi connectivity index (χ1n) is 4.27. The van der Waals surface area contributed by atoms with Crippen LogP contribution >= 0.6 is 0 Å². The summed E-state index contributed by atoms with van der Waals surface area (Å²) in [6.07, 6.45) is 4.36. The lowest BCUT2D eigenvalue weighted by molar-refractivity contribution is -0.142. The maximum absolute atomic E-state index is 10.7. The Hall–Kier alpha value is -0.570. The van der Waals surface area contributed by atoms with Crippen LogP contribution in [-0.4, -0.2) is 34.6 Å². The Kier molecular flexibility index (Phi) is 1.60. The Morgan fingerprint density at radius 3 is 2.91 bits per heavy atom. The molecule has 3 nitrogen and oxygen atoms in total. The minimum Gasteiger partial charge on any atom is -0.480 e. The van der Waals surface area contributed by atoms with Gasteiger partial charge in [0.05, 0.1) is 0 Å². The van der Waals surface area contributed by atoms with E-state index >= 15 is 0 Å². The van der Waals surface area contributed by atoms with Gasteiger partial charge >= 0.3 is 5.97 Å². The van der Waals surface area contributed by atoms with Gasteiger partial charge in [0, 0.05) is 6.04 Å². The van der Waals surface area contributed by atoms with Gasteiger partial charge in [0.2, 0.25) is 0 Å². The molecule has 2 heterocycles. The van der Waals surface area contributed by atoms with E-state index in [2.05, 4.69) is 4.90 Å². The molecule has 11 heavy (non-hydrogen) atoms. The highest BCUT2D eigenvalue weighted by Crippen LogP contribution is 2.32. The summed E-state index contributed by atoms with van der Waals surface area (Å²) in [5, 5.41) is 8.82. The van der Waals surface area contributed by atoms with Gasteiger partial charge in [-0.15, -0.1) is 0 Å². The fourth-order valence-corrected chi connectivity index (χ4v) is 2.36. The molecule has 0 aromatic heterocycles. The van der Waals surface area contributed by atoms with Crippen molar-refractivity contribution in [1.82, 2.24) is 4.90 Å². The predicted octanol–water partition coefficient (Wildman–Crippen LogP) is 0.698. The van der Waals surface area contributed by atoms with Gasteiger partial charge in [-0.1, -0.05) is 0 Å². The first-order valence-corrected chi connectivity index (χ1v) is 4.27. The van der Waals surface area contributed by atoms with Gasteiger partial charge < -0.3 is 5.11 Å². The molecule has 0 aromatic rings. The van der Waals surface area contributed by atoms with Crippen molar-refractivity contribution in [2.75, 3.05) is 6.54 Å². The summed E-state index contributed by atoms with van der Waals surface area (Å²) in [6.45, 7) is 1.00. The SMILES string of the molecule is O=C(O)C1CCC2CCCN21. The lowest BCUT2D eigenvalue weighted by Gasteiger charge is -2.19. The number of aliphatic carboxylic acids is 1. The molecule has 62 valence electrons. The maximum Gasteiger partial charge on any atom is 0.320 e. The third-order valence-electron chi connectivity index (χ3n) is 2.88. The number of carbonyl (C=O) groups is 1. The predicted molar refractivity (Wildman–Crippen MR) is 40.4 cm³/mol. The molecule has 2 rings (SSSR count). The topological polar surface area (TPSA) is 40.5 Å². The van der Waals surface area contributed by atoms with Crippen molar-refractivity contribution in [3.05, 3.63) is 0 Å². The van der Waals surface area contributed by atoms with Gasteiger partial charge in [-0.2, -0.15) is 0 Å². The summed E-state index contributed by atoms with van der Waals surface area (Å²) < 4.78 is 0. The van der Waals surface area contributed by atoms with Crippen LogP contribution < -0.4 is 0 Å². The maximum atomic E-state index is 10.7. The number of carboxylic acid groups (broad SMARTS) is 1. The fourth-order valence-electron chi connectivity index (χ4n) is 2.36. The number of rotatable bonds is 1. The molecule has 1 N–H and O–H groups in total. The van der Waals surface area contributed by atoms with E-state index in [1.807, 2.05) is 0 Å². The molecule has 0 aliphatic carbocycles. The number of hydrogen-bond donors (Lipinski definition) is 1. The van der Waals surface area contributed by atoms with Gasteiger partial charge in [0.1, 0.15) is 6.04 Å². The molecule has 0 bridgehead atoms. The minimum absolute atomic E-state index is 0.164. The lowest BCUT2D eigenvalue weighted by atomic mass is 10.1. The van der Waals surface area contributed by atoms with E-state index in [4.69, 9.17) is 5.11 Å². The highest BCUT2D eigenvalue weighted by atomic mass is 16.4. The number of fused-ring (bicyclic) bond motifs is 1. The molecular weight excluding hydrogens is 142 g/mol. The number of nitrogens with zero attached hydrogens (tertiary/aromatic N) is 1. The highest BCUT2D eigenvalue weighted by molar-refractivity contribution is 5.74. The molecule has 2 aliphatic heterocycles. The Labute approximate surface area is 66.0 Å². The molecular formula is C8H13NO2.